The maximum atomic E-state index is 14.3. The molecule has 2 aliphatic carbocycles. The van der Waals surface area contributed by atoms with Gasteiger partial charge in [-0.25, -0.2) is 4.79 Å². The van der Waals surface area contributed by atoms with Crippen molar-refractivity contribution in [2.75, 3.05) is 45.2 Å². The lowest BCUT2D eigenvalue weighted by atomic mass is 9.96. The van der Waals surface area contributed by atoms with E-state index in [-0.39, 0.29) is 42.7 Å². The van der Waals surface area contributed by atoms with E-state index in [4.69, 9.17) is 9.47 Å². The van der Waals surface area contributed by atoms with Crippen molar-refractivity contribution >= 4 is 17.6 Å². The number of nitrogens with zero attached hydrogens (tertiary/aromatic N) is 2. The zero-order valence-electron chi connectivity index (χ0n) is 26.3. The summed E-state index contributed by atoms with van der Waals surface area (Å²) in [5.41, 5.74) is 0.936. The third-order valence-electron chi connectivity index (χ3n) is 9.01. The summed E-state index contributed by atoms with van der Waals surface area (Å²) in [6.07, 6.45) is 10.7. The highest BCUT2D eigenvalue weighted by molar-refractivity contribution is 5.99. The van der Waals surface area contributed by atoms with Crippen molar-refractivity contribution in [1.82, 2.24) is 15.1 Å². The summed E-state index contributed by atoms with van der Waals surface area (Å²) in [6.45, 7) is 8.89. The van der Waals surface area contributed by atoms with E-state index >= 15 is 0 Å². The number of aliphatic hydroxyl groups excluding tert-OH is 1. The molecule has 3 aliphatic rings. The summed E-state index contributed by atoms with van der Waals surface area (Å²) in [5.74, 6) is 1.13. The molecule has 236 valence electrons. The Bertz CT molecular complexity index is 1010. The largest absolute Gasteiger partial charge is 0.490 e. The molecule has 4 rings (SSSR count). The van der Waals surface area contributed by atoms with Crippen LogP contribution < -0.4 is 15.4 Å². The second-order valence-electron chi connectivity index (χ2n) is 13.1. The van der Waals surface area contributed by atoms with Crippen LogP contribution in [0.1, 0.15) is 95.3 Å². The predicted molar refractivity (Wildman–Crippen MR) is 166 cm³/mol. The molecule has 0 radical (unpaired) electrons. The van der Waals surface area contributed by atoms with Crippen LogP contribution in [0, 0.1) is 11.8 Å². The molecule has 0 bridgehead atoms. The van der Waals surface area contributed by atoms with Gasteiger partial charge in [0.2, 0.25) is 0 Å². The number of carbonyl (C=O) groups is 2. The van der Waals surface area contributed by atoms with Gasteiger partial charge in [0, 0.05) is 43.9 Å². The van der Waals surface area contributed by atoms with Gasteiger partial charge >= 0.3 is 6.03 Å². The average molecular weight is 587 g/mol. The fourth-order valence-electron chi connectivity index (χ4n) is 6.19. The Kier molecular flexibility index (Phi) is 12.3. The summed E-state index contributed by atoms with van der Waals surface area (Å²) in [4.78, 5) is 31.2. The topological polar surface area (TPSA) is 103 Å². The van der Waals surface area contributed by atoms with Crippen LogP contribution >= 0.6 is 0 Å². The minimum atomic E-state index is -0.394. The van der Waals surface area contributed by atoms with Gasteiger partial charge in [-0.15, -0.1) is 0 Å². The van der Waals surface area contributed by atoms with Gasteiger partial charge in [-0.3, -0.25) is 4.79 Å². The van der Waals surface area contributed by atoms with E-state index in [0.29, 0.717) is 30.2 Å². The van der Waals surface area contributed by atoms with Crippen molar-refractivity contribution in [3.8, 4) is 5.75 Å². The molecule has 4 atom stereocenters. The molecule has 1 heterocycles. The summed E-state index contributed by atoms with van der Waals surface area (Å²) < 4.78 is 12.8. The van der Waals surface area contributed by atoms with Crippen LogP contribution in [0.15, 0.2) is 18.2 Å². The van der Waals surface area contributed by atoms with Crippen LogP contribution in [-0.2, 0) is 4.74 Å². The van der Waals surface area contributed by atoms with Crippen LogP contribution in [-0.4, -0.2) is 91.0 Å². The van der Waals surface area contributed by atoms with Crippen LogP contribution in [0.3, 0.4) is 0 Å². The molecule has 2 saturated carbocycles. The van der Waals surface area contributed by atoms with E-state index < -0.39 is 6.04 Å². The Morgan fingerprint density at radius 1 is 1.07 bits per heavy atom. The van der Waals surface area contributed by atoms with Crippen molar-refractivity contribution < 1.29 is 24.2 Å². The second kappa shape index (κ2) is 15.9. The van der Waals surface area contributed by atoms with E-state index in [9.17, 15) is 14.7 Å². The van der Waals surface area contributed by atoms with Crippen molar-refractivity contribution in [2.24, 2.45) is 11.8 Å². The molecule has 3 amide bonds. The van der Waals surface area contributed by atoms with Gasteiger partial charge in [0.15, 0.2) is 0 Å². The first-order valence-electron chi connectivity index (χ1n) is 16.3. The van der Waals surface area contributed by atoms with E-state index in [2.05, 4.69) is 29.5 Å². The van der Waals surface area contributed by atoms with E-state index in [1.54, 1.807) is 23.1 Å². The highest BCUT2D eigenvalue weighted by Gasteiger charge is 2.31. The van der Waals surface area contributed by atoms with Gasteiger partial charge in [-0.1, -0.05) is 26.2 Å². The Morgan fingerprint density at radius 3 is 2.52 bits per heavy atom. The molecular weight excluding hydrogens is 532 g/mol. The lowest BCUT2D eigenvalue weighted by Crippen LogP contribution is -2.47. The first-order valence-corrected chi connectivity index (χ1v) is 16.3. The van der Waals surface area contributed by atoms with E-state index in [0.717, 1.165) is 64.0 Å². The zero-order valence-corrected chi connectivity index (χ0v) is 26.3. The number of carbonyl (C=O) groups excluding carboxylic acids is 2. The molecule has 1 aromatic carbocycles. The molecular formula is C33H54N4O5. The Balaban J connectivity index is 1.56. The maximum Gasteiger partial charge on any atom is 0.319 e. The van der Waals surface area contributed by atoms with Gasteiger partial charge in [0.05, 0.1) is 30.4 Å². The molecule has 2 fully saturated rings. The van der Waals surface area contributed by atoms with Gasteiger partial charge in [-0.05, 0) is 90.0 Å². The Labute approximate surface area is 252 Å². The van der Waals surface area contributed by atoms with Crippen molar-refractivity contribution in [3.63, 3.8) is 0 Å². The molecule has 3 N–H and O–H groups in total. The second-order valence-corrected chi connectivity index (χ2v) is 13.1. The number of nitrogens with one attached hydrogen (secondary N) is 2. The number of fused-ring (bicyclic) bond motifs is 1. The highest BCUT2D eigenvalue weighted by Crippen LogP contribution is 2.31. The minimum absolute atomic E-state index is 0.0255. The number of urea groups is 1. The van der Waals surface area contributed by atoms with Crippen LogP contribution in [0.25, 0.3) is 0 Å². The fourth-order valence-corrected chi connectivity index (χ4v) is 6.19. The van der Waals surface area contributed by atoms with Crippen molar-refractivity contribution in [3.05, 3.63) is 23.8 Å². The molecule has 0 spiro atoms. The maximum absolute atomic E-state index is 14.3. The van der Waals surface area contributed by atoms with Gasteiger partial charge in [-0.2, -0.15) is 0 Å². The highest BCUT2D eigenvalue weighted by atomic mass is 16.5. The number of likely N-dealkylation sites (N-methyl/N-ethyl adjacent to an activating group) is 1. The van der Waals surface area contributed by atoms with E-state index in [1.807, 2.05) is 13.8 Å². The molecule has 0 aromatic heterocycles. The molecule has 0 saturated heterocycles. The van der Waals surface area contributed by atoms with Gasteiger partial charge < -0.3 is 35.0 Å². The SMILES string of the molecule is C[C@H](CO)N1C[C@H](C)[C@@H](CN(C)CC2CC2)OCCCC[C@H](C)Oc2ccc(NC(=O)NC3CCCCC3)cc2C1=O. The molecule has 0 unspecified atom stereocenters. The zero-order chi connectivity index (χ0) is 30.1. The third kappa shape index (κ3) is 9.85. The number of anilines is 1. The first-order chi connectivity index (χ1) is 20.2. The smallest absolute Gasteiger partial charge is 0.319 e. The number of ether oxygens (including phenoxy) is 2. The molecule has 9 nitrogen and oxygen atoms in total. The predicted octanol–water partition coefficient (Wildman–Crippen LogP) is 5.28. The average Bonchev–Trinajstić information content (AvgIpc) is 3.79. The lowest BCUT2D eigenvalue weighted by molar-refractivity contribution is -0.0172. The quantitative estimate of drug-likeness (QED) is 0.383. The number of hydrogen-bond donors (Lipinski definition) is 3. The number of benzene rings is 1. The molecule has 1 aliphatic heterocycles. The van der Waals surface area contributed by atoms with Crippen LogP contribution in [0.4, 0.5) is 10.5 Å². The van der Waals surface area contributed by atoms with Crippen molar-refractivity contribution in [2.45, 2.75) is 109 Å². The van der Waals surface area contributed by atoms with Crippen molar-refractivity contribution in [1.29, 1.82) is 0 Å². The molecule has 42 heavy (non-hydrogen) atoms. The normalized spacial score (nSPS) is 25.7. The number of amides is 3. The summed E-state index contributed by atoms with van der Waals surface area (Å²) >= 11 is 0. The summed E-state index contributed by atoms with van der Waals surface area (Å²) in [5, 5.41) is 16.2. The Morgan fingerprint density at radius 2 is 1.81 bits per heavy atom. The van der Waals surface area contributed by atoms with Crippen LogP contribution in [0.5, 0.6) is 5.75 Å². The number of rotatable bonds is 8. The lowest BCUT2D eigenvalue weighted by Gasteiger charge is -2.36. The summed E-state index contributed by atoms with van der Waals surface area (Å²) in [7, 11) is 2.16. The first kappa shape index (κ1) is 32.6. The fraction of sp³-hybridized carbons (Fsp3) is 0.758. The summed E-state index contributed by atoms with van der Waals surface area (Å²) in [6, 6.07) is 4.83. The monoisotopic (exact) mass is 586 g/mol. The molecule has 1 aromatic rings. The van der Waals surface area contributed by atoms with Gasteiger partial charge in [0.25, 0.3) is 5.91 Å². The Hall–Kier alpha value is -2.36. The van der Waals surface area contributed by atoms with E-state index in [1.165, 1.54) is 19.3 Å². The third-order valence-corrected chi connectivity index (χ3v) is 9.01. The number of aliphatic hydroxyl groups is 1. The minimum Gasteiger partial charge on any atom is -0.490 e. The van der Waals surface area contributed by atoms with Gasteiger partial charge in [0.1, 0.15) is 5.75 Å². The standard InChI is InChI=1S/C33H54N4O5/c1-23-19-37(24(2)22-38)32(39)29-18-28(35-33(40)34-27-11-6-5-7-12-27)15-16-30(29)42-25(3)10-8-9-17-41-31(23)21-36(4)20-26-13-14-26/h15-16,18,23-27,31,38H,5-14,17,19-22H2,1-4H3,(H2,34,35,40)/t23-,24+,25-,31+/m0/s1. The molecule has 9 heteroatoms. The van der Waals surface area contributed by atoms with Crippen LogP contribution in [0.2, 0.25) is 0 Å². The number of hydrogen-bond acceptors (Lipinski definition) is 6.